The summed E-state index contributed by atoms with van der Waals surface area (Å²) in [6.45, 7) is 7.66. The molecule has 6 heteroatoms. The number of hydrogen-bond donors (Lipinski definition) is 2. The fourth-order valence-electron chi connectivity index (χ4n) is 3.58. The molecule has 0 saturated carbocycles. The van der Waals surface area contributed by atoms with Gasteiger partial charge in [0.2, 0.25) is 0 Å². The molecule has 1 unspecified atom stereocenters. The van der Waals surface area contributed by atoms with Gasteiger partial charge in [-0.05, 0) is 32.4 Å². The molecule has 6 nitrogen and oxygen atoms in total. The lowest BCUT2D eigenvalue weighted by Gasteiger charge is -2.41. The van der Waals surface area contributed by atoms with Crippen LogP contribution in [0.5, 0.6) is 0 Å². The van der Waals surface area contributed by atoms with E-state index >= 15 is 0 Å². The molecule has 0 aliphatic carbocycles. The Hall–Kier alpha value is -2.50. The van der Waals surface area contributed by atoms with Crippen LogP contribution in [0.3, 0.4) is 0 Å². The van der Waals surface area contributed by atoms with Crippen LogP contribution < -0.4 is 0 Å². The fourth-order valence-corrected chi connectivity index (χ4v) is 3.58. The second-order valence-corrected chi connectivity index (χ2v) is 6.72. The normalized spacial score (nSPS) is 17.8. The summed E-state index contributed by atoms with van der Waals surface area (Å²) >= 11 is 0. The molecule has 2 aromatic rings. The highest BCUT2D eigenvalue weighted by Gasteiger charge is 2.33. The van der Waals surface area contributed by atoms with Gasteiger partial charge in [-0.1, -0.05) is 13.3 Å². The largest absolute Gasteiger partial charge is 0.365 e. The number of aryl methyl sites for hydroxylation is 2. The average molecular weight is 342 g/mol. The highest BCUT2D eigenvalue weighted by molar-refractivity contribution is 5.97. The van der Waals surface area contributed by atoms with Crippen molar-refractivity contribution in [2.45, 2.75) is 39.7 Å². The average Bonchev–Trinajstić information content (AvgIpc) is 3.22. The highest BCUT2D eigenvalue weighted by atomic mass is 16.2. The van der Waals surface area contributed by atoms with Crippen LogP contribution in [-0.2, 0) is 0 Å². The number of carbonyl (C=O) groups excluding carboxylic acids is 2. The van der Waals surface area contributed by atoms with Crippen molar-refractivity contribution in [3.63, 3.8) is 0 Å². The number of aromatic amines is 2. The van der Waals surface area contributed by atoms with Crippen LogP contribution in [0.1, 0.15) is 51.9 Å². The van der Waals surface area contributed by atoms with Gasteiger partial charge in [0.05, 0.1) is 11.1 Å². The van der Waals surface area contributed by atoms with Gasteiger partial charge in [0.15, 0.2) is 0 Å². The lowest BCUT2D eigenvalue weighted by atomic mass is 10.0. The van der Waals surface area contributed by atoms with Crippen molar-refractivity contribution in [2.24, 2.45) is 0 Å². The zero-order valence-corrected chi connectivity index (χ0v) is 15.1. The Morgan fingerprint density at radius 3 is 2.16 bits per heavy atom. The van der Waals surface area contributed by atoms with E-state index in [1.807, 2.05) is 35.8 Å². The highest BCUT2D eigenvalue weighted by Crippen LogP contribution is 2.21. The number of rotatable bonds is 4. The van der Waals surface area contributed by atoms with E-state index in [4.69, 9.17) is 0 Å². The van der Waals surface area contributed by atoms with Crippen molar-refractivity contribution < 1.29 is 9.59 Å². The molecule has 0 bridgehead atoms. The van der Waals surface area contributed by atoms with E-state index in [1.54, 1.807) is 12.4 Å². The van der Waals surface area contributed by atoms with E-state index in [1.165, 1.54) is 0 Å². The molecular weight excluding hydrogens is 316 g/mol. The summed E-state index contributed by atoms with van der Waals surface area (Å²) in [4.78, 5) is 35.7. The number of aromatic nitrogens is 2. The number of piperazine rings is 1. The summed E-state index contributed by atoms with van der Waals surface area (Å²) in [5.41, 5.74) is 3.22. The SMILES string of the molecule is CCCC1CN(C(=O)c2cc[nH]c2C)CCN1C(=O)c1cc[nH]c1C. The van der Waals surface area contributed by atoms with Crippen LogP contribution >= 0.6 is 0 Å². The minimum absolute atomic E-state index is 0.0461. The Balaban J connectivity index is 1.77. The second-order valence-electron chi connectivity index (χ2n) is 6.72. The quantitative estimate of drug-likeness (QED) is 0.897. The molecule has 1 aliphatic rings. The predicted molar refractivity (Wildman–Crippen MR) is 96.7 cm³/mol. The summed E-state index contributed by atoms with van der Waals surface area (Å²) in [7, 11) is 0. The molecule has 0 spiro atoms. The minimum Gasteiger partial charge on any atom is -0.365 e. The number of nitrogens with one attached hydrogen (secondary N) is 2. The van der Waals surface area contributed by atoms with E-state index in [0.29, 0.717) is 19.6 Å². The first-order valence-corrected chi connectivity index (χ1v) is 8.91. The third-order valence-electron chi connectivity index (χ3n) is 5.02. The van der Waals surface area contributed by atoms with E-state index in [9.17, 15) is 9.59 Å². The Labute approximate surface area is 148 Å². The van der Waals surface area contributed by atoms with Crippen LogP contribution in [0.25, 0.3) is 0 Å². The summed E-state index contributed by atoms with van der Waals surface area (Å²) in [6, 6.07) is 3.72. The lowest BCUT2D eigenvalue weighted by molar-refractivity contribution is 0.0370. The number of amides is 2. The second kappa shape index (κ2) is 7.17. The van der Waals surface area contributed by atoms with Crippen molar-refractivity contribution in [3.8, 4) is 0 Å². The van der Waals surface area contributed by atoms with Crippen molar-refractivity contribution in [3.05, 3.63) is 47.0 Å². The molecule has 2 amide bonds. The zero-order chi connectivity index (χ0) is 18.0. The van der Waals surface area contributed by atoms with Gasteiger partial charge >= 0.3 is 0 Å². The van der Waals surface area contributed by atoms with E-state index in [0.717, 1.165) is 35.4 Å². The van der Waals surface area contributed by atoms with E-state index in [2.05, 4.69) is 16.9 Å². The van der Waals surface area contributed by atoms with Crippen molar-refractivity contribution in [1.29, 1.82) is 0 Å². The van der Waals surface area contributed by atoms with Gasteiger partial charge < -0.3 is 19.8 Å². The number of nitrogens with zero attached hydrogens (tertiary/aromatic N) is 2. The molecule has 1 fully saturated rings. The molecule has 0 aromatic carbocycles. The van der Waals surface area contributed by atoms with Crippen LogP contribution in [0.2, 0.25) is 0 Å². The topological polar surface area (TPSA) is 72.2 Å². The van der Waals surface area contributed by atoms with E-state index < -0.39 is 0 Å². The van der Waals surface area contributed by atoms with Gasteiger partial charge in [-0.25, -0.2) is 0 Å². The first-order chi connectivity index (χ1) is 12.0. The van der Waals surface area contributed by atoms with Crippen LogP contribution in [0, 0.1) is 13.8 Å². The molecule has 1 aliphatic heterocycles. The Morgan fingerprint density at radius 2 is 1.64 bits per heavy atom. The molecule has 2 aromatic heterocycles. The molecule has 3 heterocycles. The first-order valence-electron chi connectivity index (χ1n) is 8.91. The molecule has 0 radical (unpaired) electrons. The minimum atomic E-state index is 0.0461. The molecule has 1 atom stereocenters. The maximum absolute atomic E-state index is 12.9. The predicted octanol–water partition coefficient (Wildman–Crippen LogP) is 2.73. The van der Waals surface area contributed by atoms with Gasteiger partial charge in [0.25, 0.3) is 11.8 Å². The van der Waals surface area contributed by atoms with Crippen LogP contribution in [0.15, 0.2) is 24.5 Å². The van der Waals surface area contributed by atoms with Gasteiger partial charge in [-0.2, -0.15) is 0 Å². The smallest absolute Gasteiger partial charge is 0.256 e. The third-order valence-corrected chi connectivity index (χ3v) is 5.02. The third kappa shape index (κ3) is 3.34. The lowest BCUT2D eigenvalue weighted by Crippen LogP contribution is -2.56. The van der Waals surface area contributed by atoms with Gasteiger partial charge in [-0.15, -0.1) is 0 Å². The molecule has 134 valence electrons. The molecule has 1 saturated heterocycles. The first kappa shape index (κ1) is 17.3. The maximum atomic E-state index is 12.9. The number of carbonyl (C=O) groups is 2. The van der Waals surface area contributed by atoms with Crippen molar-refractivity contribution in [1.82, 2.24) is 19.8 Å². The van der Waals surface area contributed by atoms with Gasteiger partial charge in [-0.3, -0.25) is 9.59 Å². The summed E-state index contributed by atoms with van der Waals surface area (Å²) in [6.07, 6.45) is 5.46. The van der Waals surface area contributed by atoms with Crippen LogP contribution in [0.4, 0.5) is 0 Å². The molecule has 2 N–H and O–H groups in total. The monoisotopic (exact) mass is 342 g/mol. The number of H-pyrrole nitrogens is 2. The van der Waals surface area contributed by atoms with Crippen molar-refractivity contribution >= 4 is 11.8 Å². The Kier molecular flexibility index (Phi) is 4.97. The summed E-state index contributed by atoms with van der Waals surface area (Å²) in [5, 5.41) is 0. The van der Waals surface area contributed by atoms with Gasteiger partial charge in [0, 0.05) is 49.5 Å². The Morgan fingerprint density at radius 1 is 1.04 bits per heavy atom. The summed E-state index contributed by atoms with van der Waals surface area (Å²) < 4.78 is 0. The summed E-state index contributed by atoms with van der Waals surface area (Å²) in [5.74, 6) is 0.104. The van der Waals surface area contributed by atoms with E-state index in [-0.39, 0.29) is 17.9 Å². The number of hydrogen-bond acceptors (Lipinski definition) is 2. The Bertz CT molecular complexity index is 761. The maximum Gasteiger partial charge on any atom is 0.256 e. The van der Waals surface area contributed by atoms with Gasteiger partial charge in [0.1, 0.15) is 0 Å². The molecule has 25 heavy (non-hydrogen) atoms. The van der Waals surface area contributed by atoms with Crippen LogP contribution in [-0.4, -0.2) is 57.3 Å². The fraction of sp³-hybridized carbons (Fsp3) is 0.474. The molecule has 3 rings (SSSR count). The van der Waals surface area contributed by atoms with Crippen molar-refractivity contribution in [2.75, 3.05) is 19.6 Å². The standard InChI is InChI=1S/C19H26N4O2/c1-4-5-15-12-22(18(24)16-6-8-20-13(16)2)10-11-23(15)19(25)17-7-9-21-14(17)3/h6-9,15,20-21H,4-5,10-12H2,1-3H3. The zero-order valence-electron chi connectivity index (χ0n) is 15.1. The molecular formula is C19H26N4O2.